The van der Waals surface area contributed by atoms with Crippen molar-refractivity contribution in [1.29, 1.82) is 0 Å². The second-order valence-corrected chi connectivity index (χ2v) is 4.96. The molecule has 0 unspecified atom stereocenters. The molecule has 0 aromatic heterocycles. The van der Waals surface area contributed by atoms with E-state index in [4.69, 9.17) is 11.6 Å². The van der Waals surface area contributed by atoms with Crippen LogP contribution in [0.3, 0.4) is 0 Å². The van der Waals surface area contributed by atoms with Gasteiger partial charge >= 0.3 is 0 Å². The second kappa shape index (κ2) is 6.07. The third kappa shape index (κ3) is 3.66. The summed E-state index contributed by atoms with van der Waals surface area (Å²) >= 11 is 5.87. The van der Waals surface area contributed by atoms with Gasteiger partial charge in [-0.15, -0.1) is 0 Å². The molecule has 0 fully saturated rings. The minimum atomic E-state index is 0.116. The van der Waals surface area contributed by atoms with Crippen LogP contribution in [0.25, 0.3) is 5.57 Å². The van der Waals surface area contributed by atoms with E-state index >= 15 is 0 Å². The van der Waals surface area contributed by atoms with Gasteiger partial charge in [-0.2, -0.15) is 0 Å². The zero-order chi connectivity index (χ0) is 12.1. The van der Waals surface area contributed by atoms with Crippen molar-refractivity contribution in [3.63, 3.8) is 0 Å². The zero-order valence-electron chi connectivity index (χ0n) is 10.1. The lowest BCUT2D eigenvalue weighted by atomic mass is 9.93. The van der Waals surface area contributed by atoms with Crippen molar-refractivity contribution in [2.75, 3.05) is 6.61 Å². The molecule has 1 nitrogen and oxygen atoms in total. The van der Waals surface area contributed by atoms with Crippen molar-refractivity contribution >= 4 is 17.2 Å². The number of allylic oxidation sites excluding steroid dienone is 1. The number of rotatable bonds is 4. The summed E-state index contributed by atoms with van der Waals surface area (Å²) in [5, 5.41) is 9.99. The van der Waals surface area contributed by atoms with Crippen molar-refractivity contribution in [3.8, 4) is 0 Å². The maximum Gasteiger partial charge on any atom is 0.0644 e. The molecule has 0 bridgehead atoms. The maximum absolute atomic E-state index is 9.25. The van der Waals surface area contributed by atoms with Crippen LogP contribution in [0.5, 0.6) is 0 Å². The molecule has 1 aromatic carbocycles. The first-order valence-electron chi connectivity index (χ1n) is 5.60. The first-order valence-corrected chi connectivity index (χ1v) is 5.97. The van der Waals surface area contributed by atoms with Gasteiger partial charge in [-0.1, -0.05) is 37.6 Å². The molecule has 0 amide bonds. The van der Waals surface area contributed by atoms with Crippen molar-refractivity contribution in [1.82, 2.24) is 0 Å². The van der Waals surface area contributed by atoms with Crippen molar-refractivity contribution in [2.45, 2.75) is 27.2 Å². The van der Waals surface area contributed by atoms with E-state index in [1.165, 1.54) is 5.57 Å². The normalized spacial score (nSPS) is 12.9. The van der Waals surface area contributed by atoms with E-state index in [1.807, 2.05) is 31.2 Å². The Labute approximate surface area is 103 Å². The number of halogens is 1. The Bertz CT molecular complexity index is 363. The lowest BCUT2D eigenvalue weighted by molar-refractivity contribution is 0.331. The molecule has 0 saturated heterocycles. The summed E-state index contributed by atoms with van der Waals surface area (Å²) in [6, 6.07) is 7.81. The van der Waals surface area contributed by atoms with Crippen molar-refractivity contribution < 1.29 is 5.11 Å². The van der Waals surface area contributed by atoms with E-state index in [1.54, 1.807) is 0 Å². The van der Waals surface area contributed by atoms with Crippen molar-refractivity contribution in [3.05, 3.63) is 40.4 Å². The van der Waals surface area contributed by atoms with Crippen LogP contribution in [0, 0.1) is 5.92 Å². The maximum atomic E-state index is 9.25. The van der Waals surface area contributed by atoms with Gasteiger partial charge in [-0.25, -0.2) is 0 Å². The molecule has 0 aliphatic heterocycles. The number of hydrogen-bond acceptors (Lipinski definition) is 1. The first-order chi connectivity index (χ1) is 7.54. The summed E-state index contributed by atoms with van der Waals surface area (Å²) < 4.78 is 0. The Morgan fingerprint density at radius 1 is 1.25 bits per heavy atom. The quantitative estimate of drug-likeness (QED) is 0.836. The van der Waals surface area contributed by atoms with E-state index in [2.05, 4.69) is 13.8 Å². The average Bonchev–Trinajstić information content (AvgIpc) is 2.26. The van der Waals surface area contributed by atoms with Gasteiger partial charge in [-0.05, 0) is 48.1 Å². The van der Waals surface area contributed by atoms with Crippen LogP contribution in [0.2, 0.25) is 5.02 Å². The first kappa shape index (κ1) is 13.3. The van der Waals surface area contributed by atoms with E-state index in [0.29, 0.717) is 5.92 Å². The second-order valence-electron chi connectivity index (χ2n) is 4.52. The largest absolute Gasteiger partial charge is 0.392 e. The fourth-order valence-corrected chi connectivity index (χ4v) is 1.82. The topological polar surface area (TPSA) is 20.2 Å². The number of aliphatic hydroxyl groups excluding tert-OH is 1. The summed E-state index contributed by atoms with van der Waals surface area (Å²) in [6.45, 7) is 6.46. The molecule has 1 aromatic rings. The van der Waals surface area contributed by atoms with Gasteiger partial charge in [0.1, 0.15) is 0 Å². The molecule has 0 radical (unpaired) electrons. The number of aliphatic hydroxyl groups is 1. The molecule has 0 atom stereocenters. The highest BCUT2D eigenvalue weighted by molar-refractivity contribution is 6.30. The lowest BCUT2D eigenvalue weighted by Gasteiger charge is -2.14. The van der Waals surface area contributed by atoms with E-state index < -0.39 is 0 Å². The molecule has 0 saturated carbocycles. The zero-order valence-corrected chi connectivity index (χ0v) is 10.9. The predicted octanol–water partition coefficient (Wildman–Crippen LogP) is 4.15. The Morgan fingerprint density at radius 2 is 1.81 bits per heavy atom. The summed E-state index contributed by atoms with van der Waals surface area (Å²) in [6.07, 6.45) is 0.980. The monoisotopic (exact) mass is 238 g/mol. The Morgan fingerprint density at radius 3 is 2.25 bits per heavy atom. The van der Waals surface area contributed by atoms with Crippen LogP contribution in [0.15, 0.2) is 29.8 Å². The molecule has 0 aliphatic carbocycles. The van der Waals surface area contributed by atoms with Gasteiger partial charge in [0.2, 0.25) is 0 Å². The Hall–Kier alpha value is -0.790. The number of hydrogen-bond donors (Lipinski definition) is 1. The van der Waals surface area contributed by atoms with Crippen LogP contribution in [-0.2, 0) is 0 Å². The summed E-state index contributed by atoms with van der Waals surface area (Å²) in [5.74, 6) is 0.576. The van der Waals surface area contributed by atoms with Gasteiger partial charge in [0.15, 0.2) is 0 Å². The van der Waals surface area contributed by atoms with E-state index in [0.717, 1.165) is 22.6 Å². The third-order valence-electron chi connectivity index (χ3n) is 2.56. The SMILES string of the molecule is C/C(CO)=C(\CC(C)C)c1ccc(Cl)cc1. The minimum absolute atomic E-state index is 0.116. The van der Waals surface area contributed by atoms with Crippen molar-refractivity contribution in [2.24, 2.45) is 5.92 Å². The molecule has 2 heteroatoms. The average molecular weight is 239 g/mol. The number of benzene rings is 1. The van der Waals surface area contributed by atoms with Crippen LogP contribution in [-0.4, -0.2) is 11.7 Å². The highest BCUT2D eigenvalue weighted by atomic mass is 35.5. The molecule has 0 heterocycles. The van der Waals surface area contributed by atoms with E-state index in [-0.39, 0.29) is 6.61 Å². The molecule has 0 aliphatic rings. The molecular formula is C14H19ClO. The molecule has 0 spiro atoms. The smallest absolute Gasteiger partial charge is 0.0644 e. The lowest BCUT2D eigenvalue weighted by Crippen LogP contribution is -1.98. The third-order valence-corrected chi connectivity index (χ3v) is 2.81. The molecule has 1 N–H and O–H groups in total. The Kier molecular flexibility index (Phi) is 5.04. The summed E-state index contributed by atoms with van der Waals surface area (Å²) in [5.41, 5.74) is 3.43. The minimum Gasteiger partial charge on any atom is -0.392 e. The highest BCUT2D eigenvalue weighted by Crippen LogP contribution is 2.26. The van der Waals surface area contributed by atoms with Crippen LogP contribution in [0.1, 0.15) is 32.8 Å². The van der Waals surface area contributed by atoms with Gasteiger partial charge in [-0.3, -0.25) is 0 Å². The summed E-state index contributed by atoms with van der Waals surface area (Å²) in [4.78, 5) is 0. The standard InChI is InChI=1S/C14H19ClO/c1-10(2)8-14(11(3)9-16)12-4-6-13(15)7-5-12/h4-7,10,16H,8-9H2,1-3H3/b14-11-. The highest BCUT2D eigenvalue weighted by Gasteiger charge is 2.08. The van der Waals surface area contributed by atoms with Gasteiger partial charge in [0, 0.05) is 5.02 Å². The van der Waals surface area contributed by atoms with Gasteiger partial charge in [0.25, 0.3) is 0 Å². The van der Waals surface area contributed by atoms with Crippen LogP contribution >= 0.6 is 11.6 Å². The molecular weight excluding hydrogens is 220 g/mol. The fourth-order valence-electron chi connectivity index (χ4n) is 1.69. The predicted molar refractivity (Wildman–Crippen MR) is 70.6 cm³/mol. The van der Waals surface area contributed by atoms with Crippen LogP contribution in [0.4, 0.5) is 0 Å². The Balaban J connectivity index is 3.06. The van der Waals surface area contributed by atoms with Gasteiger partial charge < -0.3 is 5.11 Å². The van der Waals surface area contributed by atoms with E-state index in [9.17, 15) is 5.11 Å². The van der Waals surface area contributed by atoms with Gasteiger partial charge in [0.05, 0.1) is 6.61 Å². The molecule has 1 rings (SSSR count). The summed E-state index contributed by atoms with van der Waals surface area (Å²) in [7, 11) is 0. The molecule has 16 heavy (non-hydrogen) atoms. The molecule has 88 valence electrons. The fraction of sp³-hybridized carbons (Fsp3) is 0.429. The van der Waals surface area contributed by atoms with Crippen LogP contribution < -0.4 is 0 Å².